The van der Waals surface area contributed by atoms with Gasteiger partial charge in [0.15, 0.2) is 5.82 Å². The lowest BCUT2D eigenvalue weighted by Crippen LogP contribution is -2.13. The number of rotatable bonds is 3. The zero-order valence-corrected chi connectivity index (χ0v) is 11.1. The molecule has 2 aromatic rings. The van der Waals surface area contributed by atoms with Crippen LogP contribution in [0.3, 0.4) is 0 Å². The summed E-state index contributed by atoms with van der Waals surface area (Å²) in [6.45, 7) is 1.99. The van der Waals surface area contributed by atoms with Crippen LogP contribution in [0, 0.1) is 0 Å². The first-order valence-electron chi connectivity index (χ1n) is 5.41. The molecule has 0 saturated heterocycles. The van der Waals surface area contributed by atoms with Crippen molar-refractivity contribution in [1.29, 1.82) is 0 Å². The molecule has 2 N–H and O–H groups in total. The predicted molar refractivity (Wildman–Crippen MR) is 72.4 cm³/mol. The quantitative estimate of drug-likeness (QED) is 0.905. The van der Waals surface area contributed by atoms with Crippen LogP contribution in [0.2, 0.25) is 10.0 Å². The van der Waals surface area contributed by atoms with Gasteiger partial charge in [-0.1, -0.05) is 36.2 Å². The lowest BCUT2D eigenvalue weighted by Gasteiger charge is -2.05. The largest absolute Gasteiger partial charge is 0.305 e. The summed E-state index contributed by atoms with van der Waals surface area (Å²) in [5.41, 5.74) is 1.19. The van der Waals surface area contributed by atoms with E-state index >= 15 is 0 Å². The number of anilines is 1. The predicted octanol–water partition coefficient (Wildman–Crippen LogP) is 3.53. The van der Waals surface area contributed by atoms with E-state index in [0.717, 1.165) is 12.1 Å². The third-order valence-corrected chi connectivity index (χ3v) is 3.07. The van der Waals surface area contributed by atoms with E-state index in [9.17, 15) is 4.79 Å². The monoisotopic (exact) mass is 283 g/mol. The van der Waals surface area contributed by atoms with E-state index in [0.29, 0.717) is 15.9 Å². The van der Waals surface area contributed by atoms with E-state index < -0.39 is 0 Å². The minimum absolute atomic E-state index is 0.252. The highest BCUT2D eigenvalue weighted by Crippen LogP contribution is 2.25. The maximum absolute atomic E-state index is 12.0. The number of hydrogen-bond donors (Lipinski definition) is 2. The minimum atomic E-state index is -0.375. The Balaban J connectivity index is 2.22. The Morgan fingerprint density at radius 2 is 2.06 bits per heavy atom. The van der Waals surface area contributed by atoms with Crippen molar-refractivity contribution in [2.24, 2.45) is 0 Å². The third kappa shape index (κ3) is 2.66. The number of benzene rings is 1. The van der Waals surface area contributed by atoms with Crippen LogP contribution in [0.25, 0.3) is 0 Å². The summed E-state index contributed by atoms with van der Waals surface area (Å²) in [6.07, 6.45) is 0.815. The van der Waals surface area contributed by atoms with Gasteiger partial charge >= 0.3 is 0 Å². The van der Waals surface area contributed by atoms with E-state index in [1.165, 1.54) is 0 Å². The zero-order valence-electron chi connectivity index (χ0n) is 9.63. The van der Waals surface area contributed by atoms with E-state index in [-0.39, 0.29) is 11.5 Å². The summed E-state index contributed by atoms with van der Waals surface area (Å²) in [5, 5.41) is 10.0. The van der Waals surface area contributed by atoms with Crippen LogP contribution in [0.4, 0.5) is 5.82 Å². The first-order valence-corrected chi connectivity index (χ1v) is 6.17. The smallest absolute Gasteiger partial charge is 0.259 e. The fraction of sp³-hybridized carbons (Fsp3) is 0.167. The Kier molecular flexibility index (Phi) is 3.89. The molecule has 4 nitrogen and oxygen atoms in total. The number of H-pyrrole nitrogens is 1. The second-order valence-corrected chi connectivity index (χ2v) is 4.50. The molecule has 0 atom stereocenters. The molecule has 0 bridgehead atoms. The Morgan fingerprint density at radius 1 is 1.39 bits per heavy atom. The van der Waals surface area contributed by atoms with Crippen LogP contribution in [0.15, 0.2) is 24.3 Å². The molecule has 1 amide bonds. The van der Waals surface area contributed by atoms with E-state index in [1.54, 1.807) is 24.3 Å². The number of amides is 1. The second-order valence-electron chi connectivity index (χ2n) is 3.68. The van der Waals surface area contributed by atoms with Gasteiger partial charge in [-0.05, 0) is 18.6 Å². The number of nitrogens with zero attached hydrogens (tertiary/aromatic N) is 1. The van der Waals surface area contributed by atoms with Crippen LogP contribution in [-0.4, -0.2) is 16.1 Å². The molecule has 0 aliphatic rings. The summed E-state index contributed by atoms with van der Waals surface area (Å²) in [6, 6.07) is 6.68. The van der Waals surface area contributed by atoms with E-state index in [2.05, 4.69) is 15.5 Å². The average molecular weight is 284 g/mol. The standard InChI is InChI=1S/C12H11Cl2N3O/c1-2-7-6-10(17-16-7)15-12(18)11-8(13)4-3-5-9(11)14/h3-6H,2H2,1H3,(H2,15,16,17,18). The van der Waals surface area contributed by atoms with Gasteiger partial charge in [-0.2, -0.15) is 5.10 Å². The molecule has 94 valence electrons. The number of hydrogen-bond acceptors (Lipinski definition) is 2. The highest BCUT2D eigenvalue weighted by molar-refractivity contribution is 6.40. The molecule has 0 spiro atoms. The van der Waals surface area contributed by atoms with Crippen molar-refractivity contribution in [3.8, 4) is 0 Å². The molecule has 1 aromatic carbocycles. The molecule has 6 heteroatoms. The first kappa shape index (κ1) is 12.9. The van der Waals surface area contributed by atoms with Crippen molar-refractivity contribution < 1.29 is 4.79 Å². The Bertz CT molecular complexity index is 560. The van der Waals surface area contributed by atoms with Gasteiger partial charge in [0.25, 0.3) is 5.91 Å². The van der Waals surface area contributed by atoms with Crippen LogP contribution < -0.4 is 5.32 Å². The molecule has 2 rings (SSSR count). The maximum atomic E-state index is 12.0. The van der Waals surface area contributed by atoms with Crippen molar-refractivity contribution in [3.63, 3.8) is 0 Å². The maximum Gasteiger partial charge on any atom is 0.259 e. The molecule has 0 unspecified atom stereocenters. The summed E-state index contributed by atoms with van der Waals surface area (Å²) >= 11 is 11.9. The topological polar surface area (TPSA) is 57.8 Å². The Hall–Kier alpha value is -1.52. The molecule has 18 heavy (non-hydrogen) atoms. The lowest BCUT2D eigenvalue weighted by atomic mass is 10.2. The number of halogens is 2. The number of carbonyl (C=O) groups excluding carboxylic acids is 1. The van der Waals surface area contributed by atoms with E-state index in [1.807, 2.05) is 6.92 Å². The van der Waals surface area contributed by atoms with Gasteiger partial charge in [-0.3, -0.25) is 9.89 Å². The molecular formula is C12H11Cl2N3O. The highest BCUT2D eigenvalue weighted by atomic mass is 35.5. The fourth-order valence-corrected chi connectivity index (χ4v) is 2.07. The van der Waals surface area contributed by atoms with Crippen LogP contribution >= 0.6 is 23.2 Å². The SMILES string of the molecule is CCc1cc(NC(=O)c2c(Cl)cccc2Cl)n[nH]1. The van der Waals surface area contributed by atoms with Crippen LogP contribution in [0.5, 0.6) is 0 Å². The van der Waals surface area contributed by atoms with Gasteiger partial charge in [-0.25, -0.2) is 0 Å². The van der Waals surface area contributed by atoms with Crippen molar-refractivity contribution in [2.75, 3.05) is 5.32 Å². The summed E-state index contributed by atoms with van der Waals surface area (Å²) < 4.78 is 0. The molecule has 0 radical (unpaired) electrons. The number of aromatic nitrogens is 2. The molecule has 1 heterocycles. The number of nitrogens with one attached hydrogen (secondary N) is 2. The van der Waals surface area contributed by atoms with Gasteiger partial charge in [-0.15, -0.1) is 0 Å². The summed E-state index contributed by atoms with van der Waals surface area (Å²) in [5.74, 6) is 0.0765. The Morgan fingerprint density at radius 3 is 2.61 bits per heavy atom. The number of carbonyl (C=O) groups is 1. The average Bonchev–Trinajstić information content (AvgIpc) is 2.76. The van der Waals surface area contributed by atoms with E-state index in [4.69, 9.17) is 23.2 Å². The lowest BCUT2D eigenvalue weighted by molar-refractivity contribution is 0.102. The van der Waals surface area contributed by atoms with Gasteiger partial charge in [0.05, 0.1) is 15.6 Å². The van der Waals surface area contributed by atoms with Crippen molar-refractivity contribution in [3.05, 3.63) is 45.6 Å². The van der Waals surface area contributed by atoms with Gasteiger partial charge in [0.2, 0.25) is 0 Å². The second kappa shape index (κ2) is 5.42. The van der Waals surface area contributed by atoms with Gasteiger partial charge in [0.1, 0.15) is 0 Å². The normalized spacial score (nSPS) is 10.4. The molecule has 0 fully saturated rings. The van der Waals surface area contributed by atoms with Gasteiger partial charge < -0.3 is 5.32 Å². The summed E-state index contributed by atoms with van der Waals surface area (Å²) in [4.78, 5) is 12.0. The zero-order chi connectivity index (χ0) is 13.1. The first-order chi connectivity index (χ1) is 8.61. The van der Waals surface area contributed by atoms with Crippen molar-refractivity contribution >= 4 is 34.9 Å². The molecule has 1 aromatic heterocycles. The minimum Gasteiger partial charge on any atom is -0.305 e. The van der Waals surface area contributed by atoms with Crippen LogP contribution in [-0.2, 0) is 6.42 Å². The van der Waals surface area contributed by atoms with Crippen molar-refractivity contribution in [1.82, 2.24) is 10.2 Å². The number of aryl methyl sites for hydroxylation is 1. The molecule has 0 aliphatic heterocycles. The van der Waals surface area contributed by atoms with Gasteiger partial charge in [0, 0.05) is 11.8 Å². The van der Waals surface area contributed by atoms with Crippen molar-refractivity contribution in [2.45, 2.75) is 13.3 Å². The van der Waals surface area contributed by atoms with Crippen LogP contribution in [0.1, 0.15) is 23.0 Å². The third-order valence-electron chi connectivity index (χ3n) is 2.44. The fourth-order valence-electron chi connectivity index (χ4n) is 1.50. The molecular weight excluding hydrogens is 273 g/mol. The summed E-state index contributed by atoms with van der Waals surface area (Å²) in [7, 11) is 0. The molecule has 0 saturated carbocycles. The molecule has 0 aliphatic carbocycles. The number of aromatic amines is 1. The highest BCUT2D eigenvalue weighted by Gasteiger charge is 2.15. The Labute approximate surface area is 114 Å².